The lowest BCUT2D eigenvalue weighted by atomic mass is 10.0. The van der Waals surface area contributed by atoms with E-state index in [4.69, 9.17) is 5.73 Å². The maximum Gasteiger partial charge on any atom is 0.259 e. The Morgan fingerprint density at radius 3 is 2.72 bits per heavy atom. The number of nitrogens with zero attached hydrogens (tertiary/aromatic N) is 5. The van der Waals surface area contributed by atoms with E-state index in [0.29, 0.717) is 18.0 Å². The molecule has 0 unspecified atom stereocenters. The zero-order valence-corrected chi connectivity index (χ0v) is 16.7. The van der Waals surface area contributed by atoms with E-state index >= 15 is 0 Å². The Morgan fingerprint density at radius 1 is 1.14 bits per heavy atom. The van der Waals surface area contributed by atoms with E-state index in [1.165, 1.54) is 6.33 Å². The first-order valence-electron chi connectivity index (χ1n) is 10.1. The molecule has 0 amide bonds. The molecule has 7 nitrogen and oxygen atoms in total. The highest BCUT2D eigenvalue weighted by Crippen LogP contribution is 2.31. The Bertz CT molecular complexity index is 1300. The zero-order chi connectivity index (χ0) is 20.1. The maximum absolute atomic E-state index is 13.6. The Labute approximate surface area is 168 Å². The third-order valence-electron chi connectivity index (χ3n) is 6.10. The van der Waals surface area contributed by atoms with Gasteiger partial charge in [0.1, 0.15) is 12.1 Å². The molecule has 1 aliphatic rings. The summed E-state index contributed by atoms with van der Waals surface area (Å²) in [6.45, 7) is 4.38. The average Bonchev–Trinajstić information content (AvgIpc) is 3.31. The lowest BCUT2D eigenvalue weighted by molar-refractivity contribution is 0.475. The van der Waals surface area contributed by atoms with E-state index in [1.807, 2.05) is 41.3 Å². The van der Waals surface area contributed by atoms with Gasteiger partial charge in [0.05, 0.1) is 23.0 Å². The number of nitrogens with two attached hydrogens (primary N) is 1. The number of hydrogen-bond donors (Lipinski definition) is 1. The van der Waals surface area contributed by atoms with E-state index in [9.17, 15) is 4.79 Å². The third kappa shape index (κ3) is 2.80. The molecule has 29 heavy (non-hydrogen) atoms. The molecule has 3 heterocycles. The van der Waals surface area contributed by atoms with Gasteiger partial charge < -0.3 is 10.3 Å². The monoisotopic (exact) mass is 388 g/mol. The van der Waals surface area contributed by atoms with Crippen LogP contribution >= 0.6 is 0 Å². The SMILES string of the molecule is Cc1nn(Cc2cc3cccc(C)c3c(=O)n2C2CCCC2)c2ncnc(N)c12. The van der Waals surface area contributed by atoms with E-state index in [0.717, 1.165) is 58.8 Å². The molecule has 0 aliphatic heterocycles. The molecule has 0 radical (unpaired) electrons. The van der Waals surface area contributed by atoms with Crippen molar-refractivity contribution in [2.45, 2.75) is 52.1 Å². The van der Waals surface area contributed by atoms with Gasteiger partial charge in [-0.05, 0) is 43.7 Å². The molecule has 1 saturated carbocycles. The number of anilines is 1. The number of fused-ring (bicyclic) bond motifs is 2. The van der Waals surface area contributed by atoms with Crippen LogP contribution in [0.5, 0.6) is 0 Å². The predicted molar refractivity (Wildman–Crippen MR) is 114 cm³/mol. The van der Waals surface area contributed by atoms with Gasteiger partial charge >= 0.3 is 0 Å². The minimum Gasteiger partial charge on any atom is -0.383 e. The van der Waals surface area contributed by atoms with Gasteiger partial charge in [-0.1, -0.05) is 31.0 Å². The summed E-state index contributed by atoms with van der Waals surface area (Å²) < 4.78 is 3.85. The van der Waals surface area contributed by atoms with Gasteiger partial charge in [-0.25, -0.2) is 14.6 Å². The van der Waals surface area contributed by atoms with Crippen molar-refractivity contribution >= 4 is 27.6 Å². The second kappa shape index (κ2) is 6.69. The minimum absolute atomic E-state index is 0.102. The number of aryl methyl sites for hydroxylation is 2. The van der Waals surface area contributed by atoms with Gasteiger partial charge in [-0.15, -0.1) is 0 Å². The summed E-state index contributed by atoms with van der Waals surface area (Å²) in [5, 5.41) is 7.23. The standard InChI is InChI=1S/C22H24N6O/c1-13-6-5-7-15-10-17(28(22(29)18(13)15)16-8-3-4-9-16)11-27-21-19(14(2)26-27)20(23)24-12-25-21/h5-7,10,12,16H,3-4,8-9,11H2,1-2H3,(H2,23,24,25). The van der Waals surface area contributed by atoms with Crippen molar-refractivity contribution in [3.05, 3.63) is 57.9 Å². The van der Waals surface area contributed by atoms with Crippen molar-refractivity contribution in [1.82, 2.24) is 24.3 Å². The van der Waals surface area contributed by atoms with Crippen molar-refractivity contribution in [2.75, 3.05) is 5.73 Å². The van der Waals surface area contributed by atoms with Crippen molar-refractivity contribution in [3.8, 4) is 0 Å². The van der Waals surface area contributed by atoms with Crippen molar-refractivity contribution in [1.29, 1.82) is 0 Å². The summed E-state index contributed by atoms with van der Waals surface area (Å²) in [7, 11) is 0. The first-order valence-corrected chi connectivity index (χ1v) is 10.1. The average molecular weight is 388 g/mol. The molecule has 0 spiro atoms. The number of aromatic nitrogens is 5. The van der Waals surface area contributed by atoms with E-state index in [1.54, 1.807) is 0 Å². The summed E-state index contributed by atoms with van der Waals surface area (Å²) in [5.74, 6) is 0.432. The molecular formula is C22H24N6O. The van der Waals surface area contributed by atoms with Crippen LogP contribution in [-0.2, 0) is 6.54 Å². The van der Waals surface area contributed by atoms with Crippen LogP contribution in [0.4, 0.5) is 5.82 Å². The predicted octanol–water partition coefficient (Wildman–Crippen LogP) is 3.50. The zero-order valence-electron chi connectivity index (χ0n) is 16.7. The normalized spacial score (nSPS) is 15.0. The Kier molecular flexibility index (Phi) is 4.12. The molecule has 4 aromatic rings. The molecular weight excluding hydrogens is 364 g/mol. The molecule has 1 fully saturated rings. The van der Waals surface area contributed by atoms with Gasteiger partial charge in [0.15, 0.2) is 5.65 Å². The topological polar surface area (TPSA) is 91.6 Å². The second-order valence-electron chi connectivity index (χ2n) is 7.99. The Balaban J connectivity index is 1.74. The molecule has 7 heteroatoms. The molecule has 2 N–H and O–H groups in total. The van der Waals surface area contributed by atoms with Crippen LogP contribution in [0.1, 0.15) is 48.7 Å². The smallest absolute Gasteiger partial charge is 0.259 e. The number of hydrogen-bond acceptors (Lipinski definition) is 5. The van der Waals surface area contributed by atoms with Crippen molar-refractivity contribution in [3.63, 3.8) is 0 Å². The van der Waals surface area contributed by atoms with Gasteiger partial charge in [-0.2, -0.15) is 5.10 Å². The summed E-state index contributed by atoms with van der Waals surface area (Å²) >= 11 is 0. The third-order valence-corrected chi connectivity index (χ3v) is 6.10. The highest BCUT2D eigenvalue weighted by Gasteiger charge is 2.23. The molecule has 148 valence electrons. The van der Waals surface area contributed by atoms with Crippen LogP contribution < -0.4 is 11.3 Å². The van der Waals surface area contributed by atoms with Gasteiger partial charge in [0.25, 0.3) is 5.56 Å². The highest BCUT2D eigenvalue weighted by atomic mass is 16.1. The Hall–Kier alpha value is -3.22. The fourth-order valence-electron chi connectivity index (χ4n) is 4.76. The number of benzene rings is 1. The fourth-order valence-corrected chi connectivity index (χ4v) is 4.76. The summed E-state index contributed by atoms with van der Waals surface area (Å²) in [4.78, 5) is 22.1. The second-order valence-corrected chi connectivity index (χ2v) is 7.99. The summed E-state index contributed by atoms with van der Waals surface area (Å²) in [6, 6.07) is 8.40. The van der Waals surface area contributed by atoms with Crippen LogP contribution in [0.2, 0.25) is 0 Å². The molecule has 1 aromatic carbocycles. The highest BCUT2D eigenvalue weighted by molar-refractivity contribution is 5.88. The molecule has 1 aliphatic carbocycles. The summed E-state index contributed by atoms with van der Waals surface area (Å²) in [6.07, 6.45) is 5.87. The molecule has 5 rings (SSSR count). The fraction of sp³-hybridized carbons (Fsp3) is 0.364. The first-order chi connectivity index (χ1) is 14.0. The molecule has 0 atom stereocenters. The molecule has 0 saturated heterocycles. The van der Waals surface area contributed by atoms with Crippen LogP contribution in [0, 0.1) is 13.8 Å². The Morgan fingerprint density at radius 2 is 1.93 bits per heavy atom. The quantitative estimate of drug-likeness (QED) is 0.580. The maximum atomic E-state index is 13.6. The largest absolute Gasteiger partial charge is 0.383 e. The van der Waals surface area contributed by atoms with E-state index < -0.39 is 0 Å². The van der Waals surface area contributed by atoms with Gasteiger partial charge in [0.2, 0.25) is 0 Å². The van der Waals surface area contributed by atoms with Crippen LogP contribution in [-0.4, -0.2) is 24.3 Å². The van der Waals surface area contributed by atoms with E-state index in [-0.39, 0.29) is 11.6 Å². The van der Waals surface area contributed by atoms with Crippen molar-refractivity contribution < 1.29 is 0 Å². The lowest BCUT2D eigenvalue weighted by Gasteiger charge is -2.21. The number of pyridine rings is 1. The number of rotatable bonds is 3. The minimum atomic E-state index is 0.102. The molecule has 3 aromatic heterocycles. The first kappa shape index (κ1) is 17.8. The van der Waals surface area contributed by atoms with Crippen LogP contribution in [0.25, 0.3) is 21.8 Å². The van der Waals surface area contributed by atoms with Gasteiger partial charge in [-0.3, -0.25) is 4.79 Å². The molecule has 0 bridgehead atoms. The van der Waals surface area contributed by atoms with E-state index in [2.05, 4.69) is 21.1 Å². The van der Waals surface area contributed by atoms with Crippen LogP contribution in [0.3, 0.4) is 0 Å². The lowest BCUT2D eigenvalue weighted by Crippen LogP contribution is -2.28. The van der Waals surface area contributed by atoms with Crippen LogP contribution in [0.15, 0.2) is 35.4 Å². The number of nitrogen functional groups attached to an aromatic ring is 1. The summed E-state index contributed by atoms with van der Waals surface area (Å²) in [5.41, 5.74) is 9.62. The van der Waals surface area contributed by atoms with Crippen molar-refractivity contribution in [2.24, 2.45) is 0 Å². The van der Waals surface area contributed by atoms with Gasteiger partial charge in [0, 0.05) is 11.7 Å².